The lowest BCUT2D eigenvalue weighted by molar-refractivity contribution is 0.277. The molecular weight excluding hydrogens is 186 g/mol. The van der Waals surface area contributed by atoms with Gasteiger partial charge in [-0.1, -0.05) is 32.9 Å². The highest BCUT2D eigenvalue weighted by molar-refractivity contribution is 5.31. The topological polar surface area (TPSA) is 35.2 Å². The van der Waals surface area contributed by atoms with Gasteiger partial charge in [0.2, 0.25) is 0 Å². The van der Waals surface area contributed by atoms with E-state index in [0.717, 1.165) is 17.7 Å². The second-order valence-electron chi connectivity index (χ2n) is 4.60. The Balaban J connectivity index is 2.95. The monoisotopic (exact) mass is 207 g/mol. The Labute approximate surface area is 92.4 Å². The van der Waals surface area contributed by atoms with E-state index in [2.05, 4.69) is 26.8 Å². The van der Waals surface area contributed by atoms with Crippen molar-refractivity contribution in [1.82, 2.24) is 0 Å². The Kier molecular flexibility index (Phi) is 3.75. The van der Waals surface area contributed by atoms with Crippen molar-refractivity contribution in [3.05, 3.63) is 29.8 Å². The average molecular weight is 207 g/mol. The number of hydrogen-bond acceptors (Lipinski definition) is 2. The fourth-order valence-corrected chi connectivity index (χ4v) is 1.51. The first-order chi connectivity index (χ1) is 7.01. The van der Waals surface area contributed by atoms with Crippen LogP contribution in [0.15, 0.2) is 24.3 Å². The third-order valence-corrected chi connectivity index (χ3v) is 3.21. The van der Waals surface area contributed by atoms with Crippen molar-refractivity contribution >= 4 is 0 Å². The van der Waals surface area contributed by atoms with Crippen LogP contribution in [-0.2, 0) is 0 Å². The molecule has 2 nitrogen and oxygen atoms in total. The Bertz CT molecular complexity index is 320. The molecule has 0 amide bonds. The lowest BCUT2D eigenvalue weighted by Crippen LogP contribution is -2.28. The molecule has 0 radical (unpaired) electrons. The fourth-order valence-electron chi connectivity index (χ4n) is 1.51. The highest BCUT2D eigenvalue weighted by atomic mass is 16.5. The second kappa shape index (κ2) is 4.67. The van der Waals surface area contributed by atoms with Crippen molar-refractivity contribution in [1.29, 1.82) is 0 Å². The van der Waals surface area contributed by atoms with Crippen LogP contribution in [0.25, 0.3) is 0 Å². The molecular formula is C13H21NO. The van der Waals surface area contributed by atoms with Gasteiger partial charge < -0.3 is 10.5 Å². The Morgan fingerprint density at radius 2 is 2.07 bits per heavy atom. The van der Waals surface area contributed by atoms with Crippen molar-refractivity contribution in [2.75, 3.05) is 7.11 Å². The van der Waals surface area contributed by atoms with Gasteiger partial charge >= 0.3 is 0 Å². The summed E-state index contributed by atoms with van der Waals surface area (Å²) in [5.74, 6) is 0.870. The van der Waals surface area contributed by atoms with Crippen molar-refractivity contribution in [2.24, 2.45) is 11.1 Å². The first kappa shape index (κ1) is 12.1. The molecule has 1 atom stereocenters. The smallest absolute Gasteiger partial charge is 0.119 e. The minimum absolute atomic E-state index is 0.0533. The molecule has 0 aromatic heterocycles. The van der Waals surface area contributed by atoms with Gasteiger partial charge in [-0.3, -0.25) is 0 Å². The number of nitrogens with two attached hydrogens (primary N) is 1. The van der Waals surface area contributed by atoms with Crippen LogP contribution in [-0.4, -0.2) is 7.11 Å². The molecule has 0 aliphatic heterocycles. The normalized spacial score (nSPS) is 13.7. The molecule has 0 bridgehead atoms. The molecule has 1 rings (SSSR count). The van der Waals surface area contributed by atoms with E-state index < -0.39 is 0 Å². The summed E-state index contributed by atoms with van der Waals surface area (Å²) in [5, 5.41) is 0. The quantitative estimate of drug-likeness (QED) is 0.823. The van der Waals surface area contributed by atoms with E-state index in [0.29, 0.717) is 0 Å². The molecule has 0 spiro atoms. The maximum Gasteiger partial charge on any atom is 0.119 e. The molecule has 0 saturated heterocycles. The number of hydrogen-bond donors (Lipinski definition) is 1. The van der Waals surface area contributed by atoms with Crippen molar-refractivity contribution in [3.63, 3.8) is 0 Å². The minimum Gasteiger partial charge on any atom is -0.497 e. The van der Waals surface area contributed by atoms with Crippen LogP contribution in [0, 0.1) is 5.41 Å². The first-order valence-corrected chi connectivity index (χ1v) is 5.41. The average Bonchev–Trinajstić information content (AvgIpc) is 2.28. The van der Waals surface area contributed by atoms with E-state index in [-0.39, 0.29) is 11.5 Å². The molecule has 0 saturated carbocycles. The molecule has 0 fully saturated rings. The zero-order chi connectivity index (χ0) is 11.5. The summed E-state index contributed by atoms with van der Waals surface area (Å²) in [5.41, 5.74) is 7.51. The predicted molar refractivity (Wildman–Crippen MR) is 64.0 cm³/mol. The first-order valence-electron chi connectivity index (χ1n) is 5.41. The van der Waals surface area contributed by atoms with E-state index in [4.69, 9.17) is 10.5 Å². The number of rotatable bonds is 4. The van der Waals surface area contributed by atoms with Crippen LogP contribution in [0.1, 0.15) is 38.8 Å². The van der Waals surface area contributed by atoms with Gasteiger partial charge in [-0.15, -0.1) is 0 Å². The summed E-state index contributed by atoms with van der Waals surface area (Å²) in [7, 11) is 1.68. The van der Waals surface area contributed by atoms with Crippen LogP contribution in [0.5, 0.6) is 5.75 Å². The zero-order valence-corrected chi connectivity index (χ0v) is 10.1. The molecule has 0 aliphatic carbocycles. The summed E-state index contributed by atoms with van der Waals surface area (Å²) in [4.78, 5) is 0. The van der Waals surface area contributed by atoms with Crippen molar-refractivity contribution in [2.45, 2.75) is 33.2 Å². The summed E-state index contributed by atoms with van der Waals surface area (Å²) >= 11 is 0. The van der Waals surface area contributed by atoms with Crippen molar-refractivity contribution < 1.29 is 4.74 Å². The minimum atomic E-state index is 0.0533. The van der Waals surface area contributed by atoms with Gasteiger partial charge in [-0.25, -0.2) is 0 Å². The highest BCUT2D eigenvalue weighted by Crippen LogP contribution is 2.35. The van der Waals surface area contributed by atoms with Crippen LogP contribution < -0.4 is 10.5 Å². The summed E-state index contributed by atoms with van der Waals surface area (Å²) < 4.78 is 5.20. The maximum atomic E-state index is 6.25. The molecule has 1 unspecified atom stereocenters. The van der Waals surface area contributed by atoms with E-state index in [1.165, 1.54) is 0 Å². The SMILES string of the molecule is CCC(C)(C)C(N)c1cccc(OC)c1. The Hall–Kier alpha value is -1.02. The van der Waals surface area contributed by atoms with Gasteiger partial charge in [0, 0.05) is 6.04 Å². The predicted octanol–water partition coefficient (Wildman–Crippen LogP) is 3.13. The maximum absolute atomic E-state index is 6.25. The van der Waals surface area contributed by atoms with Crippen LogP contribution in [0.2, 0.25) is 0 Å². The van der Waals surface area contributed by atoms with E-state index in [1.807, 2.05) is 18.2 Å². The lowest BCUT2D eigenvalue weighted by atomic mass is 9.79. The molecule has 2 heteroatoms. The van der Waals surface area contributed by atoms with Gasteiger partial charge in [-0.2, -0.15) is 0 Å². The second-order valence-corrected chi connectivity index (χ2v) is 4.60. The van der Waals surface area contributed by atoms with Gasteiger partial charge in [-0.05, 0) is 29.5 Å². The van der Waals surface area contributed by atoms with Gasteiger partial charge in [0.1, 0.15) is 5.75 Å². The van der Waals surface area contributed by atoms with Crippen molar-refractivity contribution in [3.8, 4) is 5.75 Å². The molecule has 0 aliphatic rings. The number of methoxy groups -OCH3 is 1. The van der Waals surface area contributed by atoms with Gasteiger partial charge in [0.25, 0.3) is 0 Å². The van der Waals surface area contributed by atoms with Gasteiger partial charge in [0.15, 0.2) is 0 Å². The standard InChI is InChI=1S/C13H21NO/c1-5-13(2,3)12(14)10-7-6-8-11(9-10)15-4/h6-9,12H,5,14H2,1-4H3. The largest absolute Gasteiger partial charge is 0.497 e. The molecule has 1 aromatic carbocycles. The zero-order valence-electron chi connectivity index (χ0n) is 10.1. The fraction of sp³-hybridized carbons (Fsp3) is 0.538. The van der Waals surface area contributed by atoms with Crippen LogP contribution in [0.3, 0.4) is 0 Å². The third kappa shape index (κ3) is 2.72. The third-order valence-electron chi connectivity index (χ3n) is 3.21. The van der Waals surface area contributed by atoms with E-state index in [9.17, 15) is 0 Å². The summed E-state index contributed by atoms with van der Waals surface area (Å²) in [6.07, 6.45) is 1.06. The Morgan fingerprint density at radius 3 is 2.60 bits per heavy atom. The molecule has 1 aromatic rings. The molecule has 84 valence electrons. The molecule has 15 heavy (non-hydrogen) atoms. The summed E-state index contributed by atoms with van der Waals surface area (Å²) in [6.45, 7) is 6.55. The Morgan fingerprint density at radius 1 is 1.40 bits per heavy atom. The number of ether oxygens (including phenoxy) is 1. The number of benzene rings is 1. The summed E-state index contributed by atoms with van der Waals surface area (Å²) in [6, 6.07) is 8.05. The van der Waals surface area contributed by atoms with E-state index >= 15 is 0 Å². The van der Waals surface area contributed by atoms with Crippen LogP contribution in [0.4, 0.5) is 0 Å². The highest BCUT2D eigenvalue weighted by Gasteiger charge is 2.25. The van der Waals surface area contributed by atoms with Crippen LogP contribution >= 0.6 is 0 Å². The molecule has 0 heterocycles. The lowest BCUT2D eigenvalue weighted by Gasteiger charge is -2.30. The molecule has 2 N–H and O–H groups in total. The van der Waals surface area contributed by atoms with Gasteiger partial charge in [0.05, 0.1) is 7.11 Å². The van der Waals surface area contributed by atoms with E-state index in [1.54, 1.807) is 7.11 Å².